The van der Waals surface area contributed by atoms with Crippen LogP contribution in [0, 0.1) is 5.92 Å². The maximum atomic E-state index is 12.7. The number of carbonyl (C=O) groups is 1. The molecule has 0 unspecified atom stereocenters. The van der Waals surface area contributed by atoms with E-state index in [0.717, 1.165) is 15.2 Å². The molecule has 0 aliphatic heterocycles. The number of halogens is 1. The van der Waals surface area contributed by atoms with Crippen molar-refractivity contribution in [3.63, 3.8) is 0 Å². The summed E-state index contributed by atoms with van der Waals surface area (Å²) in [7, 11) is 0. The van der Waals surface area contributed by atoms with Crippen molar-refractivity contribution in [2.24, 2.45) is 5.92 Å². The highest BCUT2D eigenvalue weighted by Gasteiger charge is 2.26. The molecule has 3 aromatic rings. The third-order valence-electron chi connectivity index (χ3n) is 4.66. The third kappa shape index (κ3) is 4.64. The topological polar surface area (TPSA) is 78.8 Å². The van der Waals surface area contributed by atoms with E-state index in [-0.39, 0.29) is 18.3 Å². The maximum Gasteiger partial charge on any atom is 0.412 e. The zero-order valence-corrected chi connectivity index (χ0v) is 17.0. The zero-order valence-electron chi connectivity index (χ0n) is 15.4. The summed E-state index contributed by atoms with van der Waals surface area (Å²) < 4.78 is 6.46. The molecule has 0 fully saturated rings. The molecule has 0 saturated carbocycles. The van der Waals surface area contributed by atoms with Gasteiger partial charge >= 0.3 is 6.09 Å². The summed E-state index contributed by atoms with van der Waals surface area (Å²) in [4.78, 5) is 12.7. The molecule has 0 saturated heterocycles. The van der Waals surface area contributed by atoms with E-state index in [1.54, 1.807) is 18.2 Å². The van der Waals surface area contributed by atoms with Gasteiger partial charge < -0.3 is 14.9 Å². The number of phenols is 1. The number of hydrogen-bond acceptors (Lipinski definition) is 4. The smallest absolute Gasteiger partial charge is 0.412 e. The van der Waals surface area contributed by atoms with Crippen LogP contribution in [0.2, 0.25) is 0 Å². The minimum Gasteiger partial charge on any atom is -0.508 e. The van der Waals surface area contributed by atoms with Gasteiger partial charge in [0.1, 0.15) is 11.9 Å². The molecule has 0 bridgehead atoms. The minimum absolute atomic E-state index is 0.0379. The number of amides is 1. The molecule has 28 heavy (non-hydrogen) atoms. The van der Waals surface area contributed by atoms with Gasteiger partial charge in [0.15, 0.2) is 0 Å². The number of phenolic OH excluding ortho intramolecular Hbond substituents is 1. The molecular weight excluding hydrogens is 422 g/mol. The molecule has 6 heteroatoms. The predicted octanol–water partition coefficient (Wildman–Crippen LogP) is 5.62. The van der Waals surface area contributed by atoms with Gasteiger partial charge in [0.25, 0.3) is 0 Å². The molecule has 1 amide bonds. The van der Waals surface area contributed by atoms with E-state index >= 15 is 0 Å². The van der Waals surface area contributed by atoms with Crippen molar-refractivity contribution in [1.29, 1.82) is 0 Å². The molecule has 0 heterocycles. The molecule has 5 nitrogen and oxygen atoms in total. The quantitative estimate of drug-likeness (QED) is 0.462. The lowest BCUT2D eigenvalue weighted by molar-refractivity contribution is 0.0652. The number of aliphatic hydroxyl groups excluding tert-OH is 1. The van der Waals surface area contributed by atoms with Gasteiger partial charge in [0.05, 0.1) is 5.69 Å². The van der Waals surface area contributed by atoms with Crippen LogP contribution in [-0.4, -0.2) is 22.9 Å². The largest absolute Gasteiger partial charge is 0.508 e. The summed E-state index contributed by atoms with van der Waals surface area (Å²) in [5.41, 5.74) is 1.14. The fraction of sp³-hybridized carbons (Fsp3) is 0.227. The highest BCUT2D eigenvalue weighted by Crippen LogP contribution is 2.36. The Balaban J connectivity index is 1.85. The number of aromatic hydroxyl groups is 1. The van der Waals surface area contributed by atoms with Crippen molar-refractivity contribution in [1.82, 2.24) is 0 Å². The van der Waals surface area contributed by atoms with Crippen LogP contribution in [0.3, 0.4) is 0 Å². The molecule has 0 aromatic heterocycles. The summed E-state index contributed by atoms with van der Waals surface area (Å²) >= 11 is 3.38. The van der Waals surface area contributed by atoms with Crippen LogP contribution in [-0.2, 0) is 4.74 Å². The van der Waals surface area contributed by atoms with E-state index in [1.807, 2.05) is 49.4 Å². The number of anilines is 1. The Hall–Kier alpha value is -2.57. The first-order valence-electron chi connectivity index (χ1n) is 9.04. The summed E-state index contributed by atoms with van der Waals surface area (Å²) in [5, 5.41) is 24.3. The van der Waals surface area contributed by atoms with Gasteiger partial charge in [-0.05, 0) is 42.0 Å². The van der Waals surface area contributed by atoms with Crippen molar-refractivity contribution in [3.8, 4) is 5.75 Å². The lowest BCUT2D eigenvalue weighted by atomic mass is 9.94. The molecule has 3 aromatic carbocycles. The predicted molar refractivity (Wildman–Crippen MR) is 113 cm³/mol. The SMILES string of the molecule is C[C@H](CCO)[C@H](OC(=O)Nc1cccc2ccccc12)c1cc(Br)ccc1O. The number of fused-ring (bicyclic) bond motifs is 1. The maximum absolute atomic E-state index is 12.7. The van der Waals surface area contributed by atoms with Crippen molar-refractivity contribution in [3.05, 3.63) is 70.7 Å². The number of benzene rings is 3. The minimum atomic E-state index is -0.709. The first-order valence-corrected chi connectivity index (χ1v) is 9.83. The van der Waals surface area contributed by atoms with Crippen LogP contribution in [0.1, 0.15) is 25.0 Å². The van der Waals surface area contributed by atoms with Gasteiger partial charge in [-0.3, -0.25) is 5.32 Å². The Bertz CT molecular complexity index is 970. The summed E-state index contributed by atoms with van der Waals surface area (Å²) in [6, 6.07) is 18.4. The third-order valence-corrected chi connectivity index (χ3v) is 5.15. The van der Waals surface area contributed by atoms with Crippen LogP contribution < -0.4 is 5.32 Å². The summed E-state index contributed by atoms with van der Waals surface area (Å²) in [6.45, 7) is 1.83. The first-order chi connectivity index (χ1) is 13.5. The second kappa shape index (κ2) is 9.08. The van der Waals surface area contributed by atoms with E-state index in [0.29, 0.717) is 17.7 Å². The average Bonchev–Trinajstić information content (AvgIpc) is 2.68. The normalized spacial score (nSPS) is 13.1. The van der Waals surface area contributed by atoms with E-state index in [2.05, 4.69) is 21.2 Å². The molecule has 3 N–H and O–H groups in total. The van der Waals surface area contributed by atoms with Crippen LogP contribution in [0.15, 0.2) is 65.1 Å². The Morgan fingerprint density at radius 2 is 1.89 bits per heavy atom. The van der Waals surface area contributed by atoms with Crippen LogP contribution in [0.5, 0.6) is 5.75 Å². The standard InChI is InChI=1S/C22H22BrNO4/c1-14(11-12-25)21(18-13-16(23)9-10-20(18)26)28-22(27)24-19-8-4-6-15-5-2-3-7-17(15)19/h2-10,13-14,21,25-26H,11-12H2,1H3,(H,24,27)/t14-,21+/m1/s1. The van der Waals surface area contributed by atoms with Crippen molar-refractivity contribution >= 4 is 38.5 Å². The summed E-state index contributed by atoms with van der Waals surface area (Å²) in [6.07, 6.45) is -0.900. The number of rotatable bonds is 6. The second-order valence-electron chi connectivity index (χ2n) is 6.67. The molecule has 0 spiro atoms. The Kier molecular flexibility index (Phi) is 6.54. The van der Waals surface area contributed by atoms with E-state index < -0.39 is 12.2 Å². The lowest BCUT2D eigenvalue weighted by Gasteiger charge is -2.25. The van der Waals surface area contributed by atoms with Gasteiger partial charge in [-0.25, -0.2) is 4.79 Å². The van der Waals surface area contributed by atoms with Crippen molar-refractivity contribution in [2.45, 2.75) is 19.4 Å². The van der Waals surface area contributed by atoms with Gasteiger partial charge in [-0.1, -0.05) is 59.3 Å². The van der Waals surface area contributed by atoms with Gasteiger partial charge in [0.2, 0.25) is 0 Å². The number of ether oxygens (including phenoxy) is 1. The molecule has 3 rings (SSSR count). The van der Waals surface area contributed by atoms with Gasteiger partial charge in [0, 0.05) is 22.0 Å². The first kappa shape index (κ1) is 20.2. The Labute approximate surface area is 172 Å². The highest BCUT2D eigenvalue weighted by atomic mass is 79.9. The molecule has 146 valence electrons. The number of aliphatic hydroxyl groups is 1. The van der Waals surface area contributed by atoms with E-state index in [4.69, 9.17) is 4.74 Å². The molecule has 0 radical (unpaired) electrons. The van der Waals surface area contributed by atoms with E-state index in [9.17, 15) is 15.0 Å². The highest BCUT2D eigenvalue weighted by molar-refractivity contribution is 9.10. The van der Waals surface area contributed by atoms with Crippen molar-refractivity contribution < 1.29 is 19.7 Å². The molecule has 0 aliphatic rings. The van der Waals surface area contributed by atoms with Gasteiger partial charge in [-0.2, -0.15) is 0 Å². The van der Waals surface area contributed by atoms with Crippen LogP contribution in [0.25, 0.3) is 10.8 Å². The average molecular weight is 444 g/mol. The molecular formula is C22H22BrNO4. The van der Waals surface area contributed by atoms with Gasteiger partial charge in [-0.15, -0.1) is 0 Å². The lowest BCUT2D eigenvalue weighted by Crippen LogP contribution is -2.22. The van der Waals surface area contributed by atoms with Crippen LogP contribution >= 0.6 is 15.9 Å². The Morgan fingerprint density at radius 3 is 2.68 bits per heavy atom. The number of hydrogen-bond donors (Lipinski definition) is 3. The molecule has 0 aliphatic carbocycles. The monoisotopic (exact) mass is 443 g/mol. The fourth-order valence-corrected chi connectivity index (χ4v) is 3.56. The van der Waals surface area contributed by atoms with E-state index in [1.165, 1.54) is 0 Å². The number of carbonyl (C=O) groups excluding carboxylic acids is 1. The molecule has 2 atom stereocenters. The fourth-order valence-electron chi connectivity index (χ4n) is 3.18. The van der Waals surface area contributed by atoms with Crippen LogP contribution in [0.4, 0.5) is 10.5 Å². The zero-order chi connectivity index (χ0) is 20.1. The second-order valence-corrected chi connectivity index (χ2v) is 7.59. The number of nitrogens with one attached hydrogen (secondary N) is 1. The van der Waals surface area contributed by atoms with Crippen molar-refractivity contribution in [2.75, 3.05) is 11.9 Å². The Morgan fingerprint density at radius 1 is 1.14 bits per heavy atom. The summed E-state index contributed by atoms with van der Waals surface area (Å²) in [5.74, 6) is -0.153.